The van der Waals surface area contributed by atoms with Crippen LogP contribution < -0.4 is 4.74 Å². The fourth-order valence-electron chi connectivity index (χ4n) is 1.99. The highest BCUT2D eigenvalue weighted by molar-refractivity contribution is 6.17. The highest BCUT2D eigenvalue weighted by atomic mass is 35.5. The summed E-state index contributed by atoms with van der Waals surface area (Å²) in [5.74, 6) is 1.62. The zero-order valence-electron chi connectivity index (χ0n) is 11.7. The van der Waals surface area contributed by atoms with Gasteiger partial charge in [-0.1, -0.05) is 26.0 Å². The maximum atomic E-state index is 13.4. The number of halogens is 2. The van der Waals surface area contributed by atoms with E-state index in [0.29, 0.717) is 23.0 Å². The second-order valence-corrected chi connectivity index (χ2v) is 5.18. The average Bonchev–Trinajstić information content (AvgIpc) is 2.46. The van der Waals surface area contributed by atoms with Crippen molar-refractivity contribution in [2.45, 2.75) is 32.1 Å². The first-order valence-corrected chi connectivity index (χ1v) is 7.29. The Morgan fingerprint density at radius 2 is 1.80 bits per heavy atom. The highest BCUT2D eigenvalue weighted by Crippen LogP contribution is 2.26. The van der Waals surface area contributed by atoms with Gasteiger partial charge in [0.2, 0.25) is 0 Å². The summed E-state index contributed by atoms with van der Waals surface area (Å²) in [6, 6.07) is 12.4. The second kappa shape index (κ2) is 6.76. The largest absolute Gasteiger partial charge is 0.457 e. The van der Waals surface area contributed by atoms with Crippen LogP contribution in [-0.2, 0) is 5.88 Å². The molecule has 0 spiro atoms. The highest BCUT2D eigenvalue weighted by Gasteiger charge is 2.05. The number of hydrogen-bond donors (Lipinski definition) is 0. The summed E-state index contributed by atoms with van der Waals surface area (Å²) in [6.45, 7) is 4.35. The summed E-state index contributed by atoms with van der Waals surface area (Å²) in [7, 11) is 0. The number of ether oxygens (including phenoxy) is 1. The van der Waals surface area contributed by atoms with Gasteiger partial charge in [0, 0.05) is 11.9 Å². The van der Waals surface area contributed by atoms with Crippen molar-refractivity contribution in [2.75, 3.05) is 0 Å². The normalized spacial score (nSPS) is 12.2. The lowest BCUT2D eigenvalue weighted by Gasteiger charge is -2.11. The molecule has 20 heavy (non-hydrogen) atoms. The zero-order chi connectivity index (χ0) is 14.5. The molecule has 0 aliphatic rings. The van der Waals surface area contributed by atoms with Gasteiger partial charge >= 0.3 is 0 Å². The monoisotopic (exact) mass is 292 g/mol. The van der Waals surface area contributed by atoms with Crippen LogP contribution in [0.2, 0.25) is 0 Å². The quantitative estimate of drug-likeness (QED) is 0.626. The molecule has 0 aromatic heterocycles. The number of rotatable bonds is 5. The van der Waals surface area contributed by atoms with Crippen molar-refractivity contribution in [1.29, 1.82) is 0 Å². The molecule has 106 valence electrons. The fourth-order valence-corrected chi connectivity index (χ4v) is 2.15. The van der Waals surface area contributed by atoms with Crippen molar-refractivity contribution in [1.82, 2.24) is 0 Å². The SMILES string of the molecule is CCC(C)c1ccc(Oc2cc(F)cc(CCl)c2)cc1. The van der Waals surface area contributed by atoms with Crippen LogP contribution in [0.3, 0.4) is 0 Å². The van der Waals surface area contributed by atoms with E-state index >= 15 is 0 Å². The van der Waals surface area contributed by atoms with Crippen LogP contribution in [0.25, 0.3) is 0 Å². The van der Waals surface area contributed by atoms with Gasteiger partial charge < -0.3 is 4.74 Å². The van der Waals surface area contributed by atoms with Crippen molar-refractivity contribution in [2.24, 2.45) is 0 Å². The number of hydrogen-bond acceptors (Lipinski definition) is 1. The van der Waals surface area contributed by atoms with E-state index in [0.717, 1.165) is 6.42 Å². The van der Waals surface area contributed by atoms with Gasteiger partial charge in [0.1, 0.15) is 17.3 Å². The minimum atomic E-state index is -0.339. The molecular formula is C17H18ClFO. The Bertz CT molecular complexity index is 566. The molecule has 0 saturated heterocycles. The van der Waals surface area contributed by atoms with E-state index in [2.05, 4.69) is 13.8 Å². The minimum Gasteiger partial charge on any atom is -0.457 e. The van der Waals surface area contributed by atoms with Gasteiger partial charge in [-0.3, -0.25) is 0 Å². The lowest BCUT2D eigenvalue weighted by Crippen LogP contribution is -1.92. The molecule has 3 heteroatoms. The van der Waals surface area contributed by atoms with Gasteiger partial charge in [0.15, 0.2) is 0 Å². The van der Waals surface area contributed by atoms with Crippen molar-refractivity contribution in [3.05, 3.63) is 59.4 Å². The van der Waals surface area contributed by atoms with Gasteiger partial charge in [-0.25, -0.2) is 4.39 Å². The van der Waals surface area contributed by atoms with E-state index in [9.17, 15) is 4.39 Å². The van der Waals surface area contributed by atoms with Crippen LogP contribution >= 0.6 is 11.6 Å². The first-order chi connectivity index (χ1) is 9.62. The van der Waals surface area contributed by atoms with E-state index in [1.54, 1.807) is 6.07 Å². The lowest BCUT2D eigenvalue weighted by molar-refractivity contribution is 0.475. The first-order valence-electron chi connectivity index (χ1n) is 6.75. The summed E-state index contributed by atoms with van der Waals surface area (Å²) in [5.41, 5.74) is 1.98. The van der Waals surface area contributed by atoms with E-state index in [1.165, 1.54) is 17.7 Å². The van der Waals surface area contributed by atoms with Crippen LogP contribution in [0.1, 0.15) is 37.3 Å². The second-order valence-electron chi connectivity index (χ2n) is 4.91. The average molecular weight is 293 g/mol. The third-order valence-corrected chi connectivity index (χ3v) is 3.69. The molecule has 0 aliphatic carbocycles. The van der Waals surface area contributed by atoms with Gasteiger partial charge in [-0.15, -0.1) is 11.6 Å². The molecule has 1 atom stereocenters. The van der Waals surface area contributed by atoms with E-state index < -0.39 is 0 Å². The van der Waals surface area contributed by atoms with Gasteiger partial charge in [0.25, 0.3) is 0 Å². The Labute approximate surface area is 124 Å². The molecule has 1 nitrogen and oxygen atoms in total. The molecule has 2 aromatic rings. The predicted molar refractivity (Wildman–Crippen MR) is 81.2 cm³/mol. The number of alkyl halides is 1. The standard InChI is InChI=1S/C17H18ClFO/c1-3-12(2)14-4-6-16(7-5-14)20-17-9-13(11-18)8-15(19)10-17/h4-10,12H,3,11H2,1-2H3. The van der Waals surface area contributed by atoms with Crippen LogP contribution in [0, 0.1) is 5.82 Å². The van der Waals surface area contributed by atoms with E-state index in [1.807, 2.05) is 24.3 Å². The molecule has 0 heterocycles. The third-order valence-electron chi connectivity index (χ3n) is 3.38. The van der Waals surface area contributed by atoms with Crippen LogP contribution in [0.5, 0.6) is 11.5 Å². The van der Waals surface area contributed by atoms with Crippen molar-refractivity contribution in [3.8, 4) is 11.5 Å². The topological polar surface area (TPSA) is 9.23 Å². The minimum absolute atomic E-state index is 0.265. The molecule has 0 N–H and O–H groups in total. The van der Waals surface area contributed by atoms with Crippen molar-refractivity contribution < 1.29 is 9.13 Å². The Balaban J connectivity index is 2.15. The van der Waals surface area contributed by atoms with E-state index in [4.69, 9.17) is 16.3 Å². The van der Waals surface area contributed by atoms with Gasteiger partial charge in [0.05, 0.1) is 0 Å². The smallest absolute Gasteiger partial charge is 0.130 e. The molecule has 0 fully saturated rings. The lowest BCUT2D eigenvalue weighted by atomic mass is 9.99. The maximum Gasteiger partial charge on any atom is 0.130 e. The molecule has 0 bridgehead atoms. The summed E-state index contributed by atoms with van der Waals surface area (Å²) < 4.78 is 19.1. The van der Waals surface area contributed by atoms with Crippen molar-refractivity contribution >= 4 is 11.6 Å². The van der Waals surface area contributed by atoms with Crippen LogP contribution in [0.4, 0.5) is 4.39 Å². The Morgan fingerprint density at radius 1 is 1.10 bits per heavy atom. The van der Waals surface area contributed by atoms with E-state index in [-0.39, 0.29) is 11.7 Å². The fraction of sp³-hybridized carbons (Fsp3) is 0.294. The zero-order valence-corrected chi connectivity index (χ0v) is 12.5. The van der Waals surface area contributed by atoms with Gasteiger partial charge in [-0.05, 0) is 47.7 Å². The molecular weight excluding hydrogens is 275 g/mol. The molecule has 0 saturated carbocycles. The molecule has 0 radical (unpaired) electrons. The van der Waals surface area contributed by atoms with Crippen LogP contribution in [0.15, 0.2) is 42.5 Å². The van der Waals surface area contributed by atoms with Crippen molar-refractivity contribution in [3.63, 3.8) is 0 Å². The summed E-state index contributed by atoms with van der Waals surface area (Å²) in [6.07, 6.45) is 1.10. The summed E-state index contributed by atoms with van der Waals surface area (Å²) in [5, 5.41) is 0. The maximum absolute atomic E-state index is 13.4. The first kappa shape index (κ1) is 14.9. The Hall–Kier alpha value is -1.54. The Kier molecular flexibility index (Phi) is 5.02. The predicted octanol–water partition coefficient (Wildman–Crippen LogP) is 5.87. The Morgan fingerprint density at radius 3 is 2.40 bits per heavy atom. The van der Waals surface area contributed by atoms with Gasteiger partial charge in [-0.2, -0.15) is 0 Å². The molecule has 2 aromatic carbocycles. The van der Waals surface area contributed by atoms with Crippen LogP contribution in [-0.4, -0.2) is 0 Å². The summed E-state index contributed by atoms with van der Waals surface area (Å²) >= 11 is 5.72. The molecule has 0 amide bonds. The molecule has 1 unspecified atom stereocenters. The molecule has 2 rings (SSSR count). The summed E-state index contributed by atoms with van der Waals surface area (Å²) in [4.78, 5) is 0. The number of benzene rings is 2. The third kappa shape index (κ3) is 3.73. The molecule has 0 aliphatic heterocycles.